The Morgan fingerprint density at radius 2 is 1.83 bits per heavy atom. The molecule has 0 aliphatic carbocycles. The Labute approximate surface area is 147 Å². The normalized spacial score (nSPS) is 17.0. The van der Waals surface area contributed by atoms with Crippen molar-refractivity contribution in [3.05, 3.63) is 69.8 Å². The number of benzene rings is 2. The molecule has 1 aliphatic rings. The molecule has 1 fully saturated rings. The van der Waals surface area contributed by atoms with Crippen LogP contribution in [0.25, 0.3) is 0 Å². The minimum Gasteiger partial charge on any atom is -0.496 e. The summed E-state index contributed by atoms with van der Waals surface area (Å²) in [5.74, 6) is 0.706. The summed E-state index contributed by atoms with van der Waals surface area (Å²) in [5, 5.41) is 0.692. The topological polar surface area (TPSA) is 29.5 Å². The highest BCUT2D eigenvalue weighted by Gasteiger charge is 2.43. The van der Waals surface area contributed by atoms with Gasteiger partial charge in [0.2, 0.25) is 0 Å². The maximum atomic E-state index is 12.4. The van der Waals surface area contributed by atoms with Gasteiger partial charge < -0.3 is 4.74 Å². The molecule has 124 valence electrons. The second-order valence-corrected chi connectivity index (χ2v) is 6.61. The summed E-state index contributed by atoms with van der Waals surface area (Å²) >= 11 is 6.26. The van der Waals surface area contributed by atoms with E-state index in [4.69, 9.17) is 16.3 Å². The molecule has 3 rings (SSSR count). The van der Waals surface area contributed by atoms with Gasteiger partial charge in [0.05, 0.1) is 13.2 Å². The second-order valence-electron chi connectivity index (χ2n) is 6.20. The number of hydrogen-bond donors (Lipinski definition) is 0. The van der Waals surface area contributed by atoms with Gasteiger partial charge in [0, 0.05) is 22.3 Å². The number of carbonyl (C=O) groups is 1. The first-order chi connectivity index (χ1) is 11.3. The van der Waals surface area contributed by atoms with Crippen LogP contribution in [0.4, 0.5) is 5.69 Å². The Bertz CT molecular complexity index is 857. The van der Waals surface area contributed by atoms with E-state index in [9.17, 15) is 4.79 Å². The molecule has 0 radical (unpaired) electrons. The summed E-state index contributed by atoms with van der Waals surface area (Å²) in [6.45, 7) is 9.92. The zero-order valence-electron chi connectivity index (χ0n) is 14.3. The summed E-state index contributed by atoms with van der Waals surface area (Å²) in [6, 6.07) is 9.58. The van der Waals surface area contributed by atoms with Gasteiger partial charge in [-0.2, -0.15) is 0 Å². The number of aryl methyl sites for hydroxylation is 2. The van der Waals surface area contributed by atoms with Crippen molar-refractivity contribution < 1.29 is 9.53 Å². The fourth-order valence-corrected chi connectivity index (χ4v) is 3.22. The van der Waals surface area contributed by atoms with Gasteiger partial charge in [-0.25, -0.2) is 0 Å². The highest BCUT2D eigenvalue weighted by atomic mass is 35.5. The van der Waals surface area contributed by atoms with E-state index in [1.807, 2.05) is 51.1 Å². The Morgan fingerprint density at radius 3 is 2.46 bits per heavy atom. The molecule has 1 saturated heterocycles. The number of nitrogens with zero attached hydrogens (tertiary/aromatic N) is 1. The van der Waals surface area contributed by atoms with Crippen LogP contribution < -0.4 is 9.64 Å². The molecule has 24 heavy (non-hydrogen) atoms. The highest BCUT2D eigenvalue weighted by molar-refractivity contribution is 6.31. The van der Waals surface area contributed by atoms with Gasteiger partial charge in [0.1, 0.15) is 5.75 Å². The van der Waals surface area contributed by atoms with Crippen LogP contribution in [0.15, 0.2) is 42.5 Å². The van der Waals surface area contributed by atoms with Crippen LogP contribution in [0.5, 0.6) is 5.75 Å². The van der Waals surface area contributed by atoms with Crippen LogP contribution in [0, 0.1) is 20.8 Å². The predicted octanol–water partition coefficient (Wildman–Crippen LogP) is 4.92. The SMILES string of the molecule is C=C1C(=O)N(c2cc(C)c(C)c(OC)c2)[C@H]1c1ccc(C)c(Cl)c1. The maximum Gasteiger partial charge on any atom is 0.256 e. The quantitative estimate of drug-likeness (QED) is 0.586. The first kappa shape index (κ1) is 16.6. The van der Waals surface area contributed by atoms with Crippen LogP contribution in [0.1, 0.15) is 28.3 Å². The van der Waals surface area contributed by atoms with Crippen LogP contribution >= 0.6 is 11.6 Å². The monoisotopic (exact) mass is 341 g/mol. The van der Waals surface area contributed by atoms with Crippen molar-refractivity contribution in [2.45, 2.75) is 26.8 Å². The molecule has 0 bridgehead atoms. The number of methoxy groups -OCH3 is 1. The van der Waals surface area contributed by atoms with E-state index in [2.05, 4.69) is 6.58 Å². The van der Waals surface area contributed by atoms with Crippen molar-refractivity contribution in [2.75, 3.05) is 12.0 Å². The summed E-state index contributed by atoms with van der Waals surface area (Å²) in [4.78, 5) is 14.2. The number of anilines is 1. The lowest BCUT2D eigenvalue weighted by Gasteiger charge is -2.43. The average Bonchev–Trinajstić information content (AvgIpc) is 2.57. The van der Waals surface area contributed by atoms with Crippen LogP contribution in [0.3, 0.4) is 0 Å². The van der Waals surface area contributed by atoms with Crippen molar-refractivity contribution in [3.8, 4) is 5.75 Å². The number of carbonyl (C=O) groups excluding carboxylic acids is 1. The molecule has 0 spiro atoms. The number of hydrogen-bond acceptors (Lipinski definition) is 2. The van der Waals surface area contributed by atoms with Crippen LogP contribution in [0.2, 0.25) is 5.02 Å². The lowest BCUT2D eigenvalue weighted by molar-refractivity contribution is -0.118. The third-order valence-electron chi connectivity index (χ3n) is 4.70. The molecular formula is C20H20ClNO2. The Hall–Kier alpha value is -2.26. The van der Waals surface area contributed by atoms with Crippen LogP contribution in [-0.4, -0.2) is 13.0 Å². The van der Waals surface area contributed by atoms with Crippen molar-refractivity contribution >= 4 is 23.2 Å². The first-order valence-corrected chi connectivity index (χ1v) is 8.16. The molecule has 1 amide bonds. The molecular weight excluding hydrogens is 322 g/mol. The van der Waals surface area contributed by atoms with Crippen molar-refractivity contribution in [1.29, 1.82) is 0 Å². The first-order valence-electron chi connectivity index (χ1n) is 7.78. The highest BCUT2D eigenvalue weighted by Crippen LogP contribution is 2.44. The number of β-lactam (4-membered cyclic amide) rings is 1. The number of ether oxygens (including phenoxy) is 1. The standard InChI is InChI=1S/C20H20ClNO2/c1-11-6-7-15(9-17(11)21)19-14(4)20(23)22(19)16-8-12(2)13(3)18(10-16)24-5/h6-10,19H,4H2,1-3,5H3/t19-/m1/s1. The molecule has 0 unspecified atom stereocenters. The minimum absolute atomic E-state index is 0.0676. The van der Waals surface area contributed by atoms with E-state index in [1.54, 1.807) is 12.0 Å². The second kappa shape index (κ2) is 5.99. The third kappa shape index (κ3) is 2.49. The molecule has 4 heteroatoms. The van der Waals surface area contributed by atoms with Gasteiger partial charge >= 0.3 is 0 Å². The smallest absolute Gasteiger partial charge is 0.256 e. The zero-order chi connectivity index (χ0) is 17.6. The summed E-state index contributed by atoms with van der Waals surface area (Å²) in [5.41, 5.74) is 5.52. The van der Waals surface area contributed by atoms with Crippen LogP contribution in [-0.2, 0) is 4.79 Å². The summed E-state index contributed by atoms with van der Waals surface area (Å²) in [7, 11) is 1.64. The van der Waals surface area contributed by atoms with Gasteiger partial charge in [0.15, 0.2) is 0 Å². The van der Waals surface area contributed by atoms with E-state index >= 15 is 0 Å². The van der Waals surface area contributed by atoms with Gasteiger partial charge in [-0.1, -0.05) is 30.3 Å². The molecule has 1 aliphatic heterocycles. The lowest BCUT2D eigenvalue weighted by atomic mass is 9.87. The fraction of sp³-hybridized carbons (Fsp3) is 0.250. The molecule has 0 saturated carbocycles. The van der Waals surface area contributed by atoms with Gasteiger partial charge in [-0.15, -0.1) is 0 Å². The van der Waals surface area contributed by atoms with E-state index in [-0.39, 0.29) is 11.9 Å². The molecule has 0 N–H and O–H groups in total. The molecule has 1 atom stereocenters. The van der Waals surface area contributed by atoms with Crippen molar-refractivity contribution in [1.82, 2.24) is 0 Å². The van der Waals surface area contributed by atoms with E-state index in [0.717, 1.165) is 33.7 Å². The minimum atomic E-state index is -0.192. The fourth-order valence-electron chi connectivity index (χ4n) is 3.03. The molecule has 0 aromatic heterocycles. The van der Waals surface area contributed by atoms with Crippen molar-refractivity contribution in [2.24, 2.45) is 0 Å². The van der Waals surface area contributed by atoms with E-state index < -0.39 is 0 Å². The summed E-state index contributed by atoms with van der Waals surface area (Å²) in [6.07, 6.45) is 0. The number of rotatable bonds is 3. The average molecular weight is 342 g/mol. The summed E-state index contributed by atoms with van der Waals surface area (Å²) < 4.78 is 5.44. The lowest BCUT2D eigenvalue weighted by Crippen LogP contribution is -2.48. The zero-order valence-corrected chi connectivity index (χ0v) is 15.1. The Morgan fingerprint density at radius 1 is 1.12 bits per heavy atom. The van der Waals surface area contributed by atoms with Gasteiger partial charge in [-0.3, -0.25) is 9.69 Å². The molecule has 3 nitrogen and oxygen atoms in total. The molecule has 2 aromatic rings. The van der Waals surface area contributed by atoms with E-state index in [0.29, 0.717) is 10.6 Å². The number of halogens is 1. The van der Waals surface area contributed by atoms with E-state index in [1.165, 1.54) is 0 Å². The van der Waals surface area contributed by atoms with Crippen molar-refractivity contribution in [3.63, 3.8) is 0 Å². The largest absolute Gasteiger partial charge is 0.496 e. The number of amides is 1. The third-order valence-corrected chi connectivity index (χ3v) is 5.10. The maximum absolute atomic E-state index is 12.4. The predicted molar refractivity (Wildman–Crippen MR) is 98.0 cm³/mol. The van der Waals surface area contributed by atoms with Gasteiger partial charge in [0.25, 0.3) is 5.91 Å². The Kier molecular flexibility index (Phi) is 4.14. The molecule has 2 aromatic carbocycles. The molecule has 1 heterocycles. The van der Waals surface area contributed by atoms with Gasteiger partial charge in [-0.05, 0) is 55.2 Å². The Balaban J connectivity index is 2.06.